The summed E-state index contributed by atoms with van der Waals surface area (Å²) in [6.07, 6.45) is 2.47. The van der Waals surface area contributed by atoms with Crippen molar-refractivity contribution in [1.82, 2.24) is 9.97 Å². The Bertz CT molecular complexity index is 592. The van der Waals surface area contributed by atoms with Gasteiger partial charge in [0.1, 0.15) is 6.33 Å². The van der Waals surface area contributed by atoms with Gasteiger partial charge in [0, 0.05) is 13.6 Å². The first-order valence-corrected chi connectivity index (χ1v) is 6.03. The zero-order valence-electron chi connectivity index (χ0n) is 11.6. The van der Waals surface area contributed by atoms with Crippen LogP contribution in [0.3, 0.4) is 0 Å². The van der Waals surface area contributed by atoms with Crippen molar-refractivity contribution < 1.29 is 13.9 Å². The van der Waals surface area contributed by atoms with Crippen LogP contribution in [0, 0.1) is 5.82 Å². The molecule has 0 aliphatic carbocycles. The lowest BCUT2D eigenvalue weighted by Crippen LogP contribution is -2.19. The molecule has 0 N–H and O–H groups in total. The molecule has 1 aromatic heterocycles. The molecule has 20 heavy (non-hydrogen) atoms. The number of benzene rings is 1. The molecule has 2 aromatic rings. The van der Waals surface area contributed by atoms with Crippen molar-refractivity contribution in [1.29, 1.82) is 0 Å². The van der Waals surface area contributed by atoms with E-state index in [1.165, 1.54) is 6.33 Å². The summed E-state index contributed by atoms with van der Waals surface area (Å²) in [4.78, 5) is 9.28. The fraction of sp³-hybridized carbons (Fsp3) is 0.286. The second kappa shape index (κ2) is 6.18. The molecule has 0 saturated carbocycles. The van der Waals surface area contributed by atoms with Gasteiger partial charge in [0.05, 0.1) is 20.4 Å². The van der Waals surface area contributed by atoms with Gasteiger partial charge in [0.25, 0.3) is 0 Å². The molecule has 0 saturated heterocycles. The number of rotatable bonds is 5. The van der Waals surface area contributed by atoms with Gasteiger partial charge in [0.15, 0.2) is 23.1 Å². The lowest BCUT2D eigenvalue weighted by atomic mass is 10.2. The summed E-state index contributed by atoms with van der Waals surface area (Å²) in [7, 11) is 4.93. The number of ether oxygens (including phenoxy) is 2. The Hall–Kier alpha value is -2.37. The highest BCUT2D eigenvalue weighted by Crippen LogP contribution is 2.28. The van der Waals surface area contributed by atoms with Crippen LogP contribution < -0.4 is 14.4 Å². The van der Waals surface area contributed by atoms with E-state index in [9.17, 15) is 4.39 Å². The number of halogens is 1. The van der Waals surface area contributed by atoms with Crippen LogP contribution in [0.5, 0.6) is 11.5 Å². The third-order valence-corrected chi connectivity index (χ3v) is 2.88. The molecule has 0 unspecified atom stereocenters. The molecule has 106 valence electrons. The maximum absolute atomic E-state index is 13.6. The van der Waals surface area contributed by atoms with Crippen molar-refractivity contribution in [2.45, 2.75) is 6.54 Å². The first kappa shape index (κ1) is 14.0. The Kier molecular flexibility index (Phi) is 4.34. The second-order valence-corrected chi connectivity index (χ2v) is 4.24. The van der Waals surface area contributed by atoms with E-state index >= 15 is 0 Å². The topological polar surface area (TPSA) is 47.5 Å². The number of hydrogen-bond acceptors (Lipinski definition) is 5. The van der Waals surface area contributed by atoms with E-state index in [4.69, 9.17) is 9.47 Å². The van der Waals surface area contributed by atoms with Crippen LogP contribution in [0.4, 0.5) is 10.2 Å². The van der Waals surface area contributed by atoms with Crippen LogP contribution in [0.25, 0.3) is 0 Å². The molecule has 0 fully saturated rings. The van der Waals surface area contributed by atoms with Crippen LogP contribution >= 0.6 is 0 Å². The van der Waals surface area contributed by atoms with Gasteiger partial charge < -0.3 is 14.4 Å². The summed E-state index contributed by atoms with van der Waals surface area (Å²) in [5.41, 5.74) is 0.961. The smallest absolute Gasteiger partial charge is 0.183 e. The fourth-order valence-corrected chi connectivity index (χ4v) is 1.91. The summed E-state index contributed by atoms with van der Waals surface area (Å²) in [5, 5.41) is 0. The number of methoxy groups -OCH3 is 2. The SMILES string of the molecule is COc1ccc(CN(C)c2ncncc2F)cc1OC. The molecule has 0 aliphatic heterocycles. The van der Waals surface area contributed by atoms with Gasteiger partial charge in [-0.1, -0.05) is 6.07 Å². The molecular formula is C14H16FN3O2. The summed E-state index contributed by atoms with van der Waals surface area (Å²) in [6.45, 7) is 0.494. The first-order chi connectivity index (χ1) is 9.65. The third-order valence-electron chi connectivity index (χ3n) is 2.88. The van der Waals surface area contributed by atoms with Crippen molar-refractivity contribution in [2.24, 2.45) is 0 Å². The van der Waals surface area contributed by atoms with E-state index in [0.717, 1.165) is 11.8 Å². The first-order valence-electron chi connectivity index (χ1n) is 6.03. The maximum atomic E-state index is 13.6. The van der Waals surface area contributed by atoms with Crippen LogP contribution in [0.2, 0.25) is 0 Å². The van der Waals surface area contributed by atoms with Crippen molar-refractivity contribution in [3.8, 4) is 11.5 Å². The number of nitrogens with zero attached hydrogens (tertiary/aromatic N) is 3. The summed E-state index contributed by atoms with van der Waals surface area (Å²) in [6, 6.07) is 5.57. The Balaban J connectivity index is 2.20. The van der Waals surface area contributed by atoms with Crippen molar-refractivity contribution in [3.05, 3.63) is 42.1 Å². The van der Waals surface area contributed by atoms with Crippen LogP contribution in [0.1, 0.15) is 5.56 Å². The van der Waals surface area contributed by atoms with E-state index in [1.54, 1.807) is 26.2 Å². The average molecular weight is 277 g/mol. The molecule has 1 aromatic carbocycles. The van der Waals surface area contributed by atoms with Crippen LogP contribution in [-0.4, -0.2) is 31.2 Å². The summed E-state index contributed by atoms with van der Waals surface area (Å²) >= 11 is 0. The molecule has 0 amide bonds. The Morgan fingerprint density at radius 3 is 2.60 bits per heavy atom. The van der Waals surface area contributed by atoms with E-state index < -0.39 is 5.82 Å². The molecule has 2 rings (SSSR count). The van der Waals surface area contributed by atoms with Crippen LogP contribution in [0.15, 0.2) is 30.7 Å². The maximum Gasteiger partial charge on any atom is 0.183 e. The predicted octanol–water partition coefficient (Wildman–Crippen LogP) is 2.27. The van der Waals surface area contributed by atoms with E-state index in [0.29, 0.717) is 18.0 Å². The molecule has 0 aliphatic rings. The monoisotopic (exact) mass is 277 g/mol. The Morgan fingerprint density at radius 1 is 1.20 bits per heavy atom. The molecule has 6 heteroatoms. The molecule has 0 spiro atoms. The highest BCUT2D eigenvalue weighted by molar-refractivity contribution is 5.45. The van der Waals surface area contributed by atoms with Crippen molar-refractivity contribution in [2.75, 3.05) is 26.2 Å². The Morgan fingerprint density at radius 2 is 1.95 bits per heavy atom. The molecule has 1 heterocycles. The highest BCUT2D eigenvalue weighted by Gasteiger charge is 2.11. The highest BCUT2D eigenvalue weighted by atomic mass is 19.1. The van der Waals surface area contributed by atoms with Crippen LogP contribution in [-0.2, 0) is 6.54 Å². The Labute approximate surface area is 117 Å². The molecule has 0 radical (unpaired) electrons. The van der Waals surface area contributed by atoms with Gasteiger partial charge in [-0.15, -0.1) is 0 Å². The molecule has 0 bridgehead atoms. The van der Waals surface area contributed by atoms with Gasteiger partial charge >= 0.3 is 0 Å². The van der Waals surface area contributed by atoms with Crippen molar-refractivity contribution >= 4 is 5.82 Å². The van der Waals surface area contributed by atoms with E-state index in [2.05, 4.69) is 9.97 Å². The van der Waals surface area contributed by atoms with Gasteiger partial charge in [-0.05, 0) is 17.7 Å². The number of anilines is 1. The normalized spacial score (nSPS) is 10.2. The van der Waals surface area contributed by atoms with Crippen molar-refractivity contribution in [3.63, 3.8) is 0 Å². The quantitative estimate of drug-likeness (QED) is 0.839. The minimum atomic E-state index is -0.449. The largest absolute Gasteiger partial charge is 0.493 e. The standard InChI is InChI=1S/C14H16FN3O2/c1-18(14-11(15)7-16-9-17-14)8-10-4-5-12(19-2)13(6-10)20-3/h4-7,9H,8H2,1-3H3. The average Bonchev–Trinajstić information content (AvgIpc) is 2.47. The van der Waals surface area contributed by atoms with Gasteiger partial charge in [-0.25, -0.2) is 14.4 Å². The molecule has 5 nitrogen and oxygen atoms in total. The second-order valence-electron chi connectivity index (χ2n) is 4.24. The van der Waals surface area contributed by atoms with Gasteiger partial charge in [-0.3, -0.25) is 0 Å². The third kappa shape index (κ3) is 2.96. The number of hydrogen-bond donors (Lipinski definition) is 0. The zero-order valence-corrected chi connectivity index (χ0v) is 11.6. The van der Waals surface area contributed by atoms with Gasteiger partial charge in [-0.2, -0.15) is 0 Å². The summed E-state index contributed by atoms with van der Waals surface area (Å²) in [5.74, 6) is 1.11. The zero-order chi connectivity index (χ0) is 14.5. The van der Waals surface area contributed by atoms with E-state index in [1.807, 2.05) is 18.2 Å². The summed E-state index contributed by atoms with van der Waals surface area (Å²) < 4.78 is 24.0. The number of aromatic nitrogens is 2. The molecule has 0 atom stereocenters. The molecular weight excluding hydrogens is 261 g/mol. The minimum absolute atomic E-state index is 0.259. The lowest BCUT2D eigenvalue weighted by Gasteiger charge is -2.19. The fourth-order valence-electron chi connectivity index (χ4n) is 1.91. The van der Waals surface area contributed by atoms with Gasteiger partial charge in [0.2, 0.25) is 0 Å². The van der Waals surface area contributed by atoms with E-state index in [-0.39, 0.29) is 5.82 Å². The predicted molar refractivity (Wildman–Crippen MR) is 73.6 cm³/mol. The lowest BCUT2D eigenvalue weighted by molar-refractivity contribution is 0.354. The minimum Gasteiger partial charge on any atom is -0.493 e.